The van der Waals surface area contributed by atoms with Crippen LogP contribution in [0.4, 0.5) is 11.5 Å². The zero-order chi connectivity index (χ0) is 20.4. The number of nitrogens with one attached hydrogen (secondary N) is 1. The van der Waals surface area contributed by atoms with Gasteiger partial charge in [0.25, 0.3) is 5.78 Å². The minimum Gasteiger partial charge on any atom is -0.356 e. The van der Waals surface area contributed by atoms with Crippen LogP contribution in [0.2, 0.25) is 0 Å². The fraction of sp³-hybridized carbons (Fsp3) is 0.429. The topological polar surface area (TPSA) is 84.5 Å². The molecule has 3 heterocycles. The van der Waals surface area contributed by atoms with E-state index in [0.717, 1.165) is 42.0 Å². The monoisotopic (exact) mass is 394 g/mol. The summed E-state index contributed by atoms with van der Waals surface area (Å²) in [5, 5.41) is 7.10. The number of anilines is 2. The third kappa shape index (κ3) is 4.16. The molecular weight excluding hydrogens is 368 g/mol. The molecule has 1 amide bonds. The number of carbonyl (C=O) groups is 1. The van der Waals surface area contributed by atoms with Crippen molar-refractivity contribution in [1.29, 1.82) is 0 Å². The maximum absolute atomic E-state index is 12.6. The maximum atomic E-state index is 12.6. The first kappa shape index (κ1) is 19.2. The fourth-order valence-corrected chi connectivity index (χ4v) is 3.78. The number of benzene rings is 1. The first-order chi connectivity index (χ1) is 14.0. The van der Waals surface area contributed by atoms with Gasteiger partial charge in [-0.1, -0.05) is 26.0 Å². The van der Waals surface area contributed by atoms with Gasteiger partial charge in [-0.3, -0.25) is 4.79 Å². The van der Waals surface area contributed by atoms with Crippen LogP contribution >= 0.6 is 0 Å². The van der Waals surface area contributed by atoms with Gasteiger partial charge in [0.05, 0.1) is 0 Å². The van der Waals surface area contributed by atoms with Gasteiger partial charge in [-0.25, -0.2) is 13.9 Å². The summed E-state index contributed by atoms with van der Waals surface area (Å²) in [7, 11) is 0. The molecule has 1 fully saturated rings. The van der Waals surface area contributed by atoms with Gasteiger partial charge in [0.15, 0.2) is 0 Å². The van der Waals surface area contributed by atoms with Crippen LogP contribution in [0, 0.1) is 5.92 Å². The summed E-state index contributed by atoms with van der Waals surface area (Å²) in [6.07, 6.45) is 4.93. The Morgan fingerprint density at radius 2 is 2.17 bits per heavy atom. The molecule has 1 aliphatic heterocycles. The van der Waals surface area contributed by atoms with Crippen molar-refractivity contribution in [2.75, 3.05) is 23.3 Å². The van der Waals surface area contributed by atoms with Gasteiger partial charge >= 0.3 is 5.69 Å². The normalized spacial score (nSPS) is 16.9. The molecule has 3 aromatic rings. The smallest absolute Gasteiger partial charge is 0.352 e. The Kier molecular flexibility index (Phi) is 5.33. The molecule has 4 rings (SSSR count). The molecule has 0 aliphatic carbocycles. The molecule has 2 aromatic heterocycles. The molecular formula is C21H26N6O2. The summed E-state index contributed by atoms with van der Waals surface area (Å²) in [6, 6.07) is 9.51. The molecule has 0 bridgehead atoms. The van der Waals surface area contributed by atoms with Crippen molar-refractivity contribution in [3.05, 3.63) is 52.6 Å². The Morgan fingerprint density at radius 1 is 1.31 bits per heavy atom. The van der Waals surface area contributed by atoms with E-state index in [1.54, 1.807) is 6.20 Å². The molecule has 1 saturated heterocycles. The van der Waals surface area contributed by atoms with Crippen LogP contribution in [0.5, 0.6) is 0 Å². The number of rotatable bonds is 5. The summed E-state index contributed by atoms with van der Waals surface area (Å²) in [5.74, 6) is 1.46. The number of nitrogens with zero attached hydrogens (tertiary/aromatic N) is 5. The zero-order valence-corrected chi connectivity index (χ0v) is 16.8. The predicted molar refractivity (Wildman–Crippen MR) is 112 cm³/mol. The number of hydrogen-bond acceptors (Lipinski definition) is 5. The molecule has 0 radical (unpaired) electrons. The van der Waals surface area contributed by atoms with E-state index >= 15 is 0 Å². The Labute approximate surface area is 169 Å². The lowest BCUT2D eigenvalue weighted by atomic mass is 10.0. The van der Waals surface area contributed by atoms with Gasteiger partial charge in [0.1, 0.15) is 12.4 Å². The van der Waals surface area contributed by atoms with E-state index in [4.69, 9.17) is 0 Å². The van der Waals surface area contributed by atoms with Crippen molar-refractivity contribution >= 4 is 23.2 Å². The van der Waals surface area contributed by atoms with E-state index in [1.807, 2.05) is 30.3 Å². The lowest BCUT2D eigenvalue weighted by molar-refractivity contribution is -0.117. The van der Waals surface area contributed by atoms with E-state index in [-0.39, 0.29) is 18.1 Å². The van der Waals surface area contributed by atoms with Gasteiger partial charge in [-0.15, -0.1) is 5.10 Å². The van der Waals surface area contributed by atoms with Crippen LogP contribution in [0.15, 0.2) is 41.3 Å². The number of hydrogen-bond donors (Lipinski definition) is 1. The van der Waals surface area contributed by atoms with Crippen molar-refractivity contribution in [2.24, 2.45) is 5.92 Å². The Balaban J connectivity index is 1.52. The van der Waals surface area contributed by atoms with Crippen LogP contribution in [-0.2, 0) is 17.8 Å². The lowest BCUT2D eigenvalue weighted by Crippen LogP contribution is -2.34. The molecule has 1 unspecified atom stereocenters. The predicted octanol–water partition coefficient (Wildman–Crippen LogP) is 2.33. The van der Waals surface area contributed by atoms with Crippen molar-refractivity contribution < 1.29 is 4.79 Å². The number of aryl methyl sites for hydroxylation is 1. The van der Waals surface area contributed by atoms with Crippen molar-refractivity contribution in [3.8, 4) is 0 Å². The average Bonchev–Trinajstić information content (AvgIpc) is 3.02. The maximum Gasteiger partial charge on any atom is 0.352 e. The second-order valence-electron chi connectivity index (χ2n) is 7.69. The van der Waals surface area contributed by atoms with Gasteiger partial charge in [0, 0.05) is 25.0 Å². The largest absolute Gasteiger partial charge is 0.356 e. The fourth-order valence-electron chi connectivity index (χ4n) is 3.78. The second kappa shape index (κ2) is 8.06. The molecule has 1 N–H and O–H groups in total. The molecule has 0 saturated carbocycles. The minimum absolute atomic E-state index is 0.158. The van der Waals surface area contributed by atoms with E-state index < -0.39 is 0 Å². The molecule has 152 valence electrons. The molecule has 29 heavy (non-hydrogen) atoms. The van der Waals surface area contributed by atoms with Crippen molar-refractivity contribution in [3.63, 3.8) is 0 Å². The highest BCUT2D eigenvalue weighted by molar-refractivity contribution is 5.90. The lowest BCUT2D eigenvalue weighted by Gasteiger charge is -2.31. The summed E-state index contributed by atoms with van der Waals surface area (Å²) < 4.78 is 2.53. The van der Waals surface area contributed by atoms with E-state index in [0.29, 0.717) is 17.4 Å². The highest BCUT2D eigenvalue weighted by Crippen LogP contribution is 2.21. The standard InChI is InChI=1S/C21H26N6O2/c1-3-16-7-4-8-17(12-16)22-19(28)14-27-21(29)26-11-9-18(23-20(26)24-27)25-10-5-6-15(2)13-25/h4,7-9,11-12,15H,3,5-6,10,13-14H2,1-2H3,(H,22,28). The Hall–Kier alpha value is -3.16. The molecule has 1 aliphatic rings. The van der Waals surface area contributed by atoms with Gasteiger partial charge in [0.2, 0.25) is 5.91 Å². The van der Waals surface area contributed by atoms with Crippen molar-refractivity contribution in [1.82, 2.24) is 19.2 Å². The SMILES string of the molecule is CCc1cccc(NC(=O)Cn2nc3nc(N4CCCC(C)C4)ccn3c2=O)c1. The van der Waals surface area contributed by atoms with E-state index in [9.17, 15) is 9.59 Å². The Morgan fingerprint density at radius 3 is 2.97 bits per heavy atom. The van der Waals surface area contributed by atoms with E-state index in [1.165, 1.54) is 10.8 Å². The van der Waals surface area contributed by atoms with Crippen LogP contribution < -0.4 is 15.9 Å². The van der Waals surface area contributed by atoms with Crippen LogP contribution in [-0.4, -0.2) is 38.2 Å². The first-order valence-corrected chi connectivity index (χ1v) is 10.1. The van der Waals surface area contributed by atoms with Crippen LogP contribution in [0.1, 0.15) is 32.3 Å². The highest BCUT2D eigenvalue weighted by atomic mass is 16.2. The number of carbonyl (C=O) groups excluding carboxylic acids is 1. The quantitative estimate of drug-likeness (QED) is 0.718. The number of piperidine rings is 1. The first-order valence-electron chi connectivity index (χ1n) is 10.1. The van der Waals surface area contributed by atoms with Crippen LogP contribution in [0.25, 0.3) is 5.78 Å². The summed E-state index contributed by atoms with van der Waals surface area (Å²) in [5.41, 5.74) is 1.48. The third-order valence-electron chi connectivity index (χ3n) is 5.33. The second-order valence-corrected chi connectivity index (χ2v) is 7.69. The van der Waals surface area contributed by atoms with Gasteiger partial charge in [-0.2, -0.15) is 4.98 Å². The summed E-state index contributed by atoms with van der Waals surface area (Å²) >= 11 is 0. The number of amides is 1. The summed E-state index contributed by atoms with van der Waals surface area (Å²) in [4.78, 5) is 31.8. The highest BCUT2D eigenvalue weighted by Gasteiger charge is 2.19. The number of aromatic nitrogens is 4. The molecule has 8 nitrogen and oxygen atoms in total. The van der Waals surface area contributed by atoms with E-state index in [2.05, 4.69) is 34.1 Å². The molecule has 1 atom stereocenters. The van der Waals surface area contributed by atoms with Crippen LogP contribution in [0.3, 0.4) is 0 Å². The number of fused-ring (bicyclic) bond motifs is 1. The summed E-state index contributed by atoms with van der Waals surface area (Å²) in [6.45, 7) is 6.04. The molecule has 1 aromatic carbocycles. The zero-order valence-electron chi connectivity index (χ0n) is 16.8. The average molecular weight is 394 g/mol. The third-order valence-corrected chi connectivity index (χ3v) is 5.33. The van der Waals surface area contributed by atoms with Gasteiger partial charge in [-0.05, 0) is 48.9 Å². The Bertz CT molecular complexity index is 1090. The van der Waals surface area contributed by atoms with Gasteiger partial charge < -0.3 is 10.2 Å². The molecule has 0 spiro atoms. The molecule has 8 heteroatoms. The minimum atomic E-state index is -0.372. The van der Waals surface area contributed by atoms with Crippen molar-refractivity contribution in [2.45, 2.75) is 39.7 Å².